The van der Waals surface area contributed by atoms with Crippen LogP contribution < -0.4 is 25.4 Å². The quantitative estimate of drug-likeness (QED) is 0.160. The number of methoxy groups -OCH3 is 1. The van der Waals surface area contributed by atoms with Crippen LogP contribution >= 0.6 is 0 Å². The van der Waals surface area contributed by atoms with Crippen LogP contribution in [0.4, 0.5) is 21.0 Å². The molecule has 0 aromatic heterocycles. The lowest BCUT2D eigenvalue weighted by Crippen LogP contribution is -2.46. The zero-order chi connectivity index (χ0) is 36.3. The molecule has 2 atom stereocenters. The van der Waals surface area contributed by atoms with Crippen LogP contribution in [0.3, 0.4) is 0 Å². The van der Waals surface area contributed by atoms with E-state index < -0.39 is 29.4 Å². The Labute approximate surface area is 297 Å². The maximum absolute atomic E-state index is 13.0. The molecular weight excluding hydrogens is 650 g/mol. The Kier molecular flexibility index (Phi) is 9.93. The van der Waals surface area contributed by atoms with Gasteiger partial charge in [0.05, 0.1) is 13.7 Å². The molecule has 266 valence electrons. The molecule has 4 aromatic rings. The first-order chi connectivity index (χ1) is 24.3. The second-order valence-electron chi connectivity index (χ2n) is 14.0. The minimum atomic E-state index is -0.875. The van der Waals surface area contributed by atoms with Crippen LogP contribution in [0.5, 0.6) is 17.2 Å². The lowest BCUT2D eigenvalue weighted by molar-refractivity contribution is -0.118. The van der Waals surface area contributed by atoms with Crippen LogP contribution in [0.15, 0.2) is 84.9 Å². The lowest BCUT2D eigenvalue weighted by Gasteiger charge is -2.37. The van der Waals surface area contributed by atoms with Gasteiger partial charge in [-0.1, -0.05) is 50.2 Å². The van der Waals surface area contributed by atoms with Crippen LogP contribution in [-0.4, -0.2) is 36.8 Å². The third-order valence-electron chi connectivity index (χ3n) is 8.54. The number of anilines is 2. The lowest BCUT2D eigenvalue weighted by atomic mass is 9.77. The van der Waals surface area contributed by atoms with Gasteiger partial charge in [0.25, 0.3) is 0 Å². The van der Waals surface area contributed by atoms with Crippen LogP contribution in [0.2, 0.25) is 0 Å². The Bertz CT molecular complexity index is 1940. The summed E-state index contributed by atoms with van der Waals surface area (Å²) in [6.45, 7) is 9.68. The second-order valence-corrected chi connectivity index (χ2v) is 14.0. The van der Waals surface area contributed by atoms with Crippen LogP contribution in [0.1, 0.15) is 68.9 Å². The summed E-state index contributed by atoms with van der Waals surface area (Å²) in [5.74, 6) is 1.60. The van der Waals surface area contributed by atoms with Gasteiger partial charge in [-0.2, -0.15) is 0 Å². The van der Waals surface area contributed by atoms with Crippen molar-refractivity contribution >= 4 is 29.5 Å². The Morgan fingerprint density at radius 2 is 1.51 bits per heavy atom. The van der Waals surface area contributed by atoms with E-state index in [0.717, 1.165) is 22.3 Å². The predicted molar refractivity (Wildman–Crippen MR) is 192 cm³/mol. The van der Waals surface area contributed by atoms with Crippen molar-refractivity contribution in [1.82, 2.24) is 5.32 Å². The molecule has 0 bridgehead atoms. The van der Waals surface area contributed by atoms with Crippen LogP contribution in [-0.2, 0) is 37.8 Å². The fourth-order valence-electron chi connectivity index (χ4n) is 6.31. The number of hydrogen-bond acceptors (Lipinski definition) is 8. The van der Waals surface area contributed by atoms with Crippen molar-refractivity contribution in [2.45, 2.75) is 71.5 Å². The minimum absolute atomic E-state index is 0.00141. The van der Waals surface area contributed by atoms with Crippen molar-refractivity contribution in [3.05, 3.63) is 113 Å². The average Bonchev–Trinajstić information content (AvgIpc) is 3.46. The van der Waals surface area contributed by atoms with E-state index in [2.05, 4.69) is 28.1 Å². The third-order valence-corrected chi connectivity index (χ3v) is 8.54. The summed E-state index contributed by atoms with van der Waals surface area (Å²) in [6.07, 6.45) is -0.861. The van der Waals surface area contributed by atoms with Crippen LogP contribution in [0, 0.1) is 5.92 Å². The topological polar surface area (TPSA) is 133 Å². The van der Waals surface area contributed by atoms with Gasteiger partial charge in [0.1, 0.15) is 35.5 Å². The maximum Gasteiger partial charge on any atom is 0.411 e. The van der Waals surface area contributed by atoms with Gasteiger partial charge in [-0.25, -0.2) is 9.59 Å². The molecule has 0 saturated carbocycles. The van der Waals surface area contributed by atoms with E-state index >= 15 is 0 Å². The molecule has 1 unspecified atom stereocenters. The zero-order valence-corrected chi connectivity index (χ0v) is 29.6. The van der Waals surface area contributed by atoms with Crippen molar-refractivity contribution in [3.63, 3.8) is 0 Å². The number of fused-ring (bicyclic) bond motifs is 6. The van der Waals surface area contributed by atoms with Gasteiger partial charge in [0.15, 0.2) is 5.60 Å². The molecule has 0 saturated heterocycles. The zero-order valence-electron chi connectivity index (χ0n) is 29.6. The number of nitrogens with one attached hydrogen (secondary N) is 3. The van der Waals surface area contributed by atoms with Gasteiger partial charge in [-0.3, -0.25) is 10.1 Å². The summed E-state index contributed by atoms with van der Waals surface area (Å²) in [4.78, 5) is 38.3. The van der Waals surface area contributed by atoms with E-state index in [9.17, 15) is 14.4 Å². The van der Waals surface area contributed by atoms with Crippen molar-refractivity contribution in [2.24, 2.45) is 5.92 Å². The molecular formula is C40H43N3O8. The van der Waals surface area contributed by atoms with Gasteiger partial charge >= 0.3 is 12.2 Å². The normalized spacial score (nSPS) is 16.2. The van der Waals surface area contributed by atoms with Crippen molar-refractivity contribution in [2.75, 3.05) is 17.7 Å². The van der Waals surface area contributed by atoms with E-state index in [1.165, 1.54) is 0 Å². The van der Waals surface area contributed by atoms with Gasteiger partial charge in [-0.05, 0) is 86.2 Å². The fourth-order valence-corrected chi connectivity index (χ4v) is 6.31. The summed E-state index contributed by atoms with van der Waals surface area (Å²) in [5.41, 5.74) is 4.02. The first-order valence-corrected chi connectivity index (χ1v) is 16.9. The third kappa shape index (κ3) is 7.78. The number of hydrogen-bond donors (Lipinski definition) is 3. The molecule has 0 fully saturated rings. The largest absolute Gasteiger partial charge is 0.497 e. The molecule has 51 heavy (non-hydrogen) atoms. The number of benzene rings is 4. The molecule has 1 spiro atoms. The molecule has 2 aliphatic heterocycles. The standard InChI is InChI=1S/C40H43N3O8/c1-24(2)19-33(43-38(46)51-39(3,4)5)36(44)41-27-13-11-25(12-14-27)22-48-37(45)42-28-15-17-31-34(20-28)50-35-21-29(47-6)16-18-32(35)40(31)30-10-8-7-9-26(30)23-49-40/h7-18,20-21,24,33H,19,22-23H2,1-6H3,(H,41,44)(H,42,45)(H,43,46)/t33-,40?/m0/s1. The molecule has 0 radical (unpaired) electrons. The number of carbonyl (C=O) groups excluding carboxylic acids is 3. The van der Waals surface area contributed by atoms with Gasteiger partial charge in [-0.15, -0.1) is 0 Å². The summed E-state index contributed by atoms with van der Waals surface area (Å²) in [5, 5.41) is 8.31. The smallest absolute Gasteiger partial charge is 0.411 e. The highest BCUT2D eigenvalue weighted by Crippen LogP contribution is 2.56. The summed E-state index contributed by atoms with van der Waals surface area (Å²) in [7, 11) is 1.60. The van der Waals surface area contributed by atoms with E-state index in [1.54, 1.807) is 64.3 Å². The molecule has 4 aromatic carbocycles. The molecule has 11 nitrogen and oxygen atoms in total. The Morgan fingerprint density at radius 3 is 2.22 bits per heavy atom. The summed E-state index contributed by atoms with van der Waals surface area (Å²) >= 11 is 0. The number of alkyl carbamates (subject to hydrolysis) is 1. The Morgan fingerprint density at radius 1 is 0.824 bits per heavy atom. The SMILES string of the molecule is COc1ccc2c(c1)Oc1cc(NC(=O)OCc3ccc(NC(=O)[C@H](CC(C)C)NC(=O)OC(C)(C)C)cc3)ccc1C21OCc2ccccc21. The highest BCUT2D eigenvalue weighted by molar-refractivity contribution is 5.96. The number of rotatable bonds is 9. The molecule has 6 rings (SSSR count). The van der Waals surface area contributed by atoms with Crippen molar-refractivity contribution in [1.29, 1.82) is 0 Å². The van der Waals surface area contributed by atoms with Gasteiger partial charge < -0.3 is 34.3 Å². The molecule has 3 amide bonds. The molecule has 0 aliphatic carbocycles. The Balaban J connectivity index is 1.10. The van der Waals surface area contributed by atoms with Gasteiger partial charge in [0.2, 0.25) is 5.91 Å². The predicted octanol–water partition coefficient (Wildman–Crippen LogP) is 8.25. The van der Waals surface area contributed by atoms with E-state index in [0.29, 0.717) is 47.2 Å². The molecule has 2 heterocycles. The first kappa shape index (κ1) is 35.3. The average molecular weight is 694 g/mol. The van der Waals surface area contributed by atoms with E-state index in [1.807, 2.05) is 50.2 Å². The maximum atomic E-state index is 13.0. The number of amides is 3. The highest BCUT2D eigenvalue weighted by atomic mass is 16.6. The second kappa shape index (κ2) is 14.4. The first-order valence-electron chi connectivity index (χ1n) is 16.9. The molecule has 2 aliphatic rings. The Hall–Kier alpha value is -5.55. The van der Waals surface area contributed by atoms with E-state index in [-0.39, 0.29) is 18.4 Å². The molecule has 3 N–H and O–H groups in total. The number of carbonyl (C=O) groups is 3. The highest BCUT2D eigenvalue weighted by Gasteiger charge is 2.49. The molecule has 11 heteroatoms. The number of ether oxygens (including phenoxy) is 5. The van der Waals surface area contributed by atoms with Crippen molar-refractivity contribution in [3.8, 4) is 17.2 Å². The summed E-state index contributed by atoms with van der Waals surface area (Å²) in [6, 6.07) is 25.4. The monoisotopic (exact) mass is 693 g/mol. The van der Waals surface area contributed by atoms with E-state index in [4.69, 9.17) is 23.7 Å². The minimum Gasteiger partial charge on any atom is -0.497 e. The van der Waals surface area contributed by atoms with Crippen molar-refractivity contribution < 1.29 is 38.1 Å². The summed E-state index contributed by atoms with van der Waals surface area (Å²) < 4.78 is 29.3. The van der Waals surface area contributed by atoms with Crippen LogP contribution in [0.25, 0.3) is 0 Å². The van der Waals surface area contributed by atoms with Gasteiger partial charge in [0, 0.05) is 34.6 Å². The fraction of sp³-hybridized carbons (Fsp3) is 0.325.